The summed E-state index contributed by atoms with van der Waals surface area (Å²) in [5, 5.41) is 20.8. The van der Waals surface area contributed by atoms with E-state index in [1.807, 2.05) is 43.3 Å². The summed E-state index contributed by atoms with van der Waals surface area (Å²) in [7, 11) is 0. The fourth-order valence-electron chi connectivity index (χ4n) is 3.90. The van der Waals surface area contributed by atoms with Gasteiger partial charge < -0.3 is 21.1 Å². The molecule has 0 heterocycles. The molecule has 0 aromatic heterocycles. The molecule has 0 saturated carbocycles. The number of para-hydroxylation sites is 1. The highest BCUT2D eigenvalue weighted by Crippen LogP contribution is 2.34. The first-order chi connectivity index (χ1) is 16.3. The van der Waals surface area contributed by atoms with Crippen molar-refractivity contribution in [3.63, 3.8) is 0 Å². The zero-order valence-electron chi connectivity index (χ0n) is 20.3. The van der Waals surface area contributed by atoms with Crippen LogP contribution in [0, 0.1) is 6.92 Å². The van der Waals surface area contributed by atoms with Crippen LogP contribution in [0.1, 0.15) is 37.5 Å². The van der Waals surface area contributed by atoms with Crippen LogP contribution in [0.15, 0.2) is 91.0 Å². The summed E-state index contributed by atoms with van der Waals surface area (Å²) in [5.74, 6) is 0.399. The molecule has 0 atom stereocenters. The number of phenols is 1. The second-order valence-electron chi connectivity index (χ2n) is 9.68. The van der Waals surface area contributed by atoms with E-state index in [0.717, 1.165) is 45.1 Å². The van der Waals surface area contributed by atoms with E-state index in [2.05, 4.69) is 91.3 Å². The van der Waals surface area contributed by atoms with E-state index in [1.54, 1.807) is 0 Å². The van der Waals surface area contributed by atoms with E-state index >= 15 is 0 Å². The molecule has 34 heavy (non-hydrogen) atoms. The van der Waals surface area contributed by atoms with E-state index < -0.39 is 0 Å². The maximum atomic E-state index is 10.4. The van der Waals surface area contributed by atoms with Crippen LogP contribution in [0.5, 0.6) is 5.75 Å². The summed E-state index contributed by atoms with van der Waals surface area (Å²) in [6.45, 7) is 9.03. The monoisotopic (exact) mass is 451 g/mol. The van der Waals surface area contributed by atoms with E-state index in [-0.39, 0.29) is 5.41 Å². The Morgan fingerprint density at radius 2 is 1.12 bits per heavy atom. The normalized spacial score (nSPS) is 11.2. The first kappa shape index (κ1) is 23.2. The number of aryl methyl sites for hydroxylation is 1. The molecule has 0 fully saturated rings. The van der Waals surface area contributed by atoms with Crippen molar-refractivity contribution in [3.05, 3.63) is 108 Å². The van der Waals surface area contributed by atoms with Gasteiger partial charge >= 0.3 is 0 Å². The predicted octanol–water partition coefficient (Wildman–Crippen LogP) is 8.10. The Balaban J connectivity index is 1.35. The first-order valence-electron chi connectivity index (χ1n) is 11.6. The third-order valence-corrected chi connectivity index (χ3v) is 5.79. The van der Waals surface area contributed by atoms with Crippen LogP contribution in [0.3, 0.4) is 0 Å². The SMILES string of the molecule is Cc1cc(CNc2ccc(Nc3ccc(Nc4ccccc4)cc3)cc2)cc(C(C)(C)C)c1O. The molecule has 4 heteroatoms. The van der Waals surface area contributed by atoms with Gasteiger partial charge in [0.15, 0.2) is 0 Å². The van der Waals surface area contributed by atoms with E-state index in [9.17, 15) is 5.11 Å². The highest BCUT2D eigenvalue weighted by molar-refractivity contribution is 5.67. The van der Waals surface area contributed by atoms with Crippen molar-refractivity contribution < 1.29 is 5.11 Å². The number of aromatic hydroxyl groups is 1. The van der Waals surface area contributed by atoms with Crippen LogP contribution >= 0.6 is 0 Å². The lowest BCUT2D eigenvalue weighted by atomic mass is 9.84. The third kappa shape index (κ3) is 5.90. The smallest absolute Gasteiger partial charge is 0.122 e. The summed E-state index contributed by atoms with van der Waals surface area (Å²) in [6.07, 6.45) is 0. The molecular weight excluding hydrogens is 418 g/mol. The molecule has 4 N–H and O–H groups in total. The van der Waals surface area contributed by atoms with Crippen LogP contribution in [0.2, 0.25) is 0 Å². The number of benzene rings is 4. The Hall–Kier alpha value is -3.92. The molecule has 0 unspecified atom stereocenters. The number of phenolic OH excluding ortho intramolecular Hbond substituents is 1. The molecule has 4 aromatic rings. The maximum Gasteiger partial charge on any atom is 0.122 e. The zero-order chi connectivity index (χ0) is 24.1. The van der Waals surface area contributed by atoms with Gasteiger partial charge in [0.05, 0.1) is 0 Å². The standard InChI is InChI=1S/C30H33N3O/c1-21-18-22(19-28(29(21)34)30(2,3)4)20-31-23-10-12-25(13-11-23)33-27-16-14-26(15-17-27)32-24-8-6-5-7-9-24/h5-19,31-34H,20H2,1-4H3. The zero-order valence-corrected chi connectivity index (χ0v) is 20.3. The quantitative estimate of drug-likeness (QED) is 0.229. The Bertz CT molecular complexity index is 1230. The highest BCUT2D eigenvalue weighted by atomic mass is 16.3. The maximum absolute atomic E-state index is 10.4. The van der Waals surface area contributed by atoms with Crippen molar-refractivity contribution in [3.8, 4) is 5.75 Å². The van der Waals surface area contributed by atoms with Gasteiger partial charge in [-0.05, 0) is 95.8 Å². The predicted molar refractivity (Wildman–Crippen MR) is 145 cm³/mol. The second kappa shape index (κ2) is 9.92. The Morgan fingerprint density at radius 3 is 1.62 bits per heavy atom. The minimum atomic E-state index is -0.103. The van der Waals surface area contributed by atoms with Gasteiger partial charge in [0, 0.05) is 35.0 Å². The Kier molecular flexibility index (Phi) is 6.78. The lowest BCUT2D eigenvalue weighted by molar-refractivity contribution is 0.442. The minimum Gasteiger partial charge on any atom is -0.507 e. The number of hydrogen-bond donors (Lipinski definition) is 4. The molecule has 0 saturated heterocycles. The molecule has 0 aliphatic heterocycles. The van der Waals surface area contributed by atoms with Crippen LogP contribution in [-0.4, -0.2) is 5.11 Å². The fraction of sp³-hybridized carbons (Fsp3) is 0.200. The molecule has 0 amide bonds. The van der Waals surface area contributed by atoms with Gasteiger partial charge in [-0.3, -0.25) is 0 Å². The van der Waals surface area contributed by atoms with E-state index in [1.165, 1.54) is 0 Å². The molecule has 0 radical (unpaired) electrons. The molecule has 4 rings (SSSR count). The fourth-order valence-corrected chi connectivity index (χ4v) is 3.90. The van der Waals surface area contributed by atoms with Gasteiger partial charge in [0.1, 0.15) is 5.75 Å². The molecule has 4 aromatic carbocycles. The minimum absolute atomic E-state index is 0.103. The summed E-state index contributed by atoms with van der Waals surface area (Å²) < 4.78 is 0. The number of hydrogen-bond acceptors (Lipinski definition) is 4. The topological polar surface area (TPSA) is 56.3 Å². The molecule has 0 bridgehead atoms. The van der Waals surface area contributed by atoms with Crippen LogP contribution in [-0.2, 0) is 12.0 Å². The average Bonchev–Trinajstić information content (AvgIpc) is 2.82. The van der Waals surface area contributed by atoms with Crippen molar-refractivity contribution in [2.24, 2.45) is 0 Å². The molecular formula is C30H33N3O. The lowest BCUT2D eigenvalue weighted by Gasteiger charge is -2.23. The van der Waals surface area contributed by atoms with Gasteiger partial charge in [-0.2, -0.15) is 0 Å². The van der Waals surface area contributed by atoms with Crippen LogP contribution in [0.4, 0.5) is 28.4 Å². The largest absolute Gasteiger partial charge is 0.507 e. The molecule has 0 aliphatic carbocycles. The first-order valence-corrected chi connectivity index (χ1v) is 11.6. The van der Waals surface area contributed by atoms with Crippen molar-refractivity contribution in [1.82, 2.24) is 0 Å². The molecule has 4 nitrogen and oxygen atoms in total. The number of anilines is 5. The van der Waals surface area contributed by atoms with E-state index in [0.29, 0.717) is 12.3 Å². The summed E-state index contributed by atoms with van der Waals surface area (Å²) >= 11 is 0. The third-order valence-electron chi connectivity index (χ3n) is 5.79. The Morgan fingerprint density at radius 1 is 0.647 bits per heavy atom. The van der Waals surface area contributed by atoms with Crippen molar-refractivity contribution in [1.29, 1.82) is 0 Å². The highest BCUT2D eigenvalue weighted by Gasteiger charge is 2.20. The number of nitrogens with one attached hydrogen (secondary N) is 3. The van der Waals surface area contributed by atoms with Crippen molar-refractivity contribution in [2.75, 3.05) is 16.0 Å². The summed E-state index contributed by atoms with van der Waals surface area (Å²) in [4.78, 5) is 0. The lowest BCUT2D eigenvalue weighted by Crippen LogP contribution is -2.13. The van der Waals surface area contributed by atoms with E-state index in [4.69, 9.17) is 0 Å². The van der Waals surface area contributed by atoms with Gasteiger partial charge in [0.25, 0.3) is 0 Å². The van der Waals surface area contributed by atoms with Crippen LogP contribution < -0.4 is 16.0 Å². The molecule has 174 valence electrons. The van der Waals surface area contributed by atoms with Crippen LogP contribution in [0.25, 0.3) is 0 Å². The summed E-state index contributed by atoms with van der Waals surface area (Å²) in [6, 6.07) is 30.8. The van der Waals surface area contributed by atoms with Gasteiger partial charge in [-0.15, -0.1) is 0 Å². The van der Waals surface area contributed by atoms with Crippen molar-refractivity contribution >= 4 is 28.4 Å². The molecule has 0 spiro atoms. The second-order valence-corrected chi connectivity index (χ2v) is 9.68. The van der Waals surface area contributed by atoms with Gasteiger partial charge in [0.2, 0.25) is 0 Å². The molecule has 0 aliphatic rings. The summed E-state index contributed by atoms with van der Waals surface area (Å²) in [5.41, 5.74) is 8.19. The van der Waals surface area contributed by atoms with Gasteiger partial charge in [-0.1, -0.05) is 45.0 Å². The van der Waals surface area contributed by atoms with Gasteiger partial charge in [-0.25, -0.2) is 0 Å². The van der Waals surface area contributed by atoms with Crippen molar-refractivity contribution in [2.45, 2.75) is 39.7 Å². The number of rotatable bonds is 7. The average molecular weight is 452 g/mol. The Labute approximate surface area is 202 Å².